The highest BCUT2D eigenvalue weighted by Crippen LogP contribution is 2.15. The molecule has 2 N–H and O–H groups in total. The highest BCUT2D eigenvalue weighted by molar-refractivity contribution is 5.87. The van der Waals surface area contributed by atoms with Crippen LogP contribution in [0, 0.1) is 0 Å². The lowest BCUT2D eigenvalue weighted by Crippen LogP contribution is -2.31. The van der Waals surface area contributed by atoms with Crippen LogP contribution in [-0.2, 0) is 11.3 Å². The van der Waals surface area contributed by atoms with E-state index in [1.165, 1.54) is 10.6 Å². The molecule has 0 bridgehead atoms. The largest absolute Gasteiger partial charge is 0.477 e. The quantitative estimate of drug-likeness (QED) is 0.857. The Bertz CT molecular complexity index is 619. The van der Waals surface area contributed by atoms with E-state index in [0.717, 1.165) is 12.0 Å². The molecule has 1 heterocycles. The molecule has 5 heteroatoms. The Morgan fingerprint density at radius 1 is 1.19 bits per heavy atom. The van der Waals surface area contributed by atoms with Crippen molar-refractivity contribution in [3.05, 3.63) is 59.9 Å². The molecule has 0 aliphatic carbocycles. The van der Waals surface area contributed by atoms with Gasteiger partial charge >= 0.3 is 5.97 Å². The Morgan fingerprint density at radius 3 is 2.52 bits per heavy atom. The first-order valence-electron chi connectivity index (χ1n) is 6.84. The average molecular weight is 286 g/mol. The van der Waals surface area contributed by atoms with Gasteiger partial charge in [-0.15, -0.1) is 0 Å². The van der Waals surface area contributed by atoms with E-state index in [1.807, 2.05) is 37.3 Å². The lowest BCUT2D eigenvalue weighted by atomic mass is 10.0. The molecule has 2 aromatic rings. The second-order valence-electron chi connectivity index (χ2n) is 4.77. The monoisotopic (exact) mass is 286 g/mol. The van der Waals surface area contributed by atoms with Crippen LogP contribution in [0.3, 0.4) is 0 Å². The standard InChI is InChI=1S/C16H18N2O3/c1-2-13(12-7-4-3-5-8-12)17-15(19)11-18-10-6-9-14(18)16(20)21/h3-10,13H,2,11H2,1H3,(H,17,19)(H,20,21). The van der Waals surface area contributed by atoms with Crippen LogP contribution in [0.25, 0.3) is 0 Å². The molecule has 0 saturated heterocycles. The molecule has 0 spiro atoms. The van der Waals surface area contributed by atoms with Gasteiger partial charge in [0.1, 0.15) is 12.2 Å². The summed E-state index contributed by atoms with van der Waals surface area (Å²) in [4.78, 5) is 23.1. The van der Waals surface area contributed by atoms with Crippen molar-refractivity contribution >= 4 is 11.9 Å². The molecule has 1 aromatic carbocycles. The molecule has 1 amide bonds. The number of benzene rings is 1. The number of carbonyl (C=O) groups is 2. The number of hydrogen-bond donors (Lipinski definition) is 2. The van der Waals surface area contributed by atoms with Gasteiger partial charge in [-0.3, -0.25) is 4.79 Å². The van der Waals surface area contributed by atoms with Gasteiger partial charge in [0.15, 0.2) is 0 Å². The number of carbonyl (C=O) groups excluding carboxylic acids is 1. The van der Waals surface area contributed by atoms with Crippen LogP contribution in [0.4, 0.5) is 0 Å². The van der Waals surface area contributed by atoms with E-state index in [2.05, 4.69) is 5.32 Å². The third-order valence-corrected chi connectivity index (χ3v) is 3.31. The minimum atomic E-state index is -1.04. The summed E-state index contributed by atoms with van der Waals surface area (Å²) in [5, 5.41) is 12.0. The number of nitrogens with one attached hydrogen (secondary N) is 1. The van der Waals surface area contributed by atoms with E-state index in [-0.39, 0.29) is 24.2 Å². The third kappa shape index (κ3) is 3.72. The van der Waals surface area contributed by atoms with E-state index in [1.54, 1.807) is 12.3 Å². The fourth-order valence-corrected chi connectivity index (χ4v) is 2.25. The van der Waals surface area contributed by atoms with Gasteiger partial charge in [0.25, 0.3) is 0 Å². The molecule has 21 heavy (non-hydrogen) atoms. The van der Waals surface area contributed by atoms with Crippen LogP contribution in [0.15, 0.2) is 48.7 Å². The fraction of sp³-hybridized carbons (Fsp3) is 0.250. The van der Waals surface area contributed by atoms with Crippen molar-refractivity contribution < 1.29 is 14.7 Å². The Labute approximate surface area is 123 Å². The average Bonchev–Trinajstić information content (AvgIpc) is 2.94. The predicted molar refractivity (Wildman–Crippen MR) is 79.0 cm³/mol. The smallest absolute Gasteiger partial charge is 0.352 e. The van der Waals surface area contributed by atoms with Gasteiger partial charge in [-0.2, -0.15) is 0 Å². The topological polar surface area (TPSA) is 71.3 Å². The summed E-state index contributed by atoms with van der Waals surface area (Å²) in [7, 11) is 0. The molecule has 5 nitrogen and oxygen atoms in total. The van der Waals surface area contributed by atoms with Crippen LogP contribution in [0.5, 0.6) is 0 Å². The summed E-state index contributed by atoms with van der Waals surface area (Å²) in [6.45, 7) is 1.99. The zero-order valence-electron chi connectivity index (χ0n) is 11.8. The maximum Gasteiger partial charge on any atom is 0.352 e. The van der Waals surface area contributed by atoms with Crippen molar-refractivity contribution in [1.29, 1.82) is 0 Å². The number of aromatic nitrogens is 1. The molecular weight excluding hydrogens is 268 g/mol. The third-order valence-electron chi connectivity index (χ3n) is 3.31. The summed E-state index contributed by atoms with van der Waals surface area (Å²) in [6, 6.07) is 12.7. The Balaban J connectivity index is 2.04. The van der Waals surface area contributed by atoms with E-state index < -0.39 is 5.97 Å². The molecule has 0 radical (unpaired) electrons. The Kier molecular flexibility index (Phi) is 4.77. The van der Waals surface area contributed by atoms with Gasteiger partial charge in [0, 0.05) is 6.20 Å². The summed E-state index contributed by atoms with van der Waals surface area (Å²) in [6.07, 6.45) is 2.36. The molecule has 2 rings (SSSR count). The Morgan fingerprint density at radius 2 is 1.90 bits per heavy atom. The predicted octanol–water partition coefficient (Wildman–Crippen LogP) is 2.45. The van der Waals surface area contributed by atoms with Crippen molar-refractivity contribution in [2.45, 2.75) is 25.9 Å². The zero-order chi connectivity index (χ0) is 15.2. The lowest BCUT2D eigenvalue weighted by Gasteiger charge is -2.18. The van der Waals surface area contributed by atoms with E-state index in [4.69, 9.17) is 5.11 Å². The lowest BCUT2D eigenvalue weighted by molar-refractivity contribution is -0.122. The van der Waals surface area contributed by atoms with Crippen molar-refractivity contribution in [3.63, 3.8) is 0 Å². The highest BCUT2D eigenvalue weighted by atomic mass is 16.4. The Hall–Kier alpha value is -2.56. The van der Waals surface area contributed by atoms with Gasteiger partial charge in [-0.1, -0.05) is 37.3 Å². The van der Waals surface area contributed by atoms with Gasteiger partial charge < -0.3 is 15.0 Å². The number of nitrogens with zero attached hydrogens (tertiary/aromatic N) is 1. The van der Waals surface area contributed by atoms with Gasteiger partial charge in [0.05, 0.1) is 6.04 Å². The van der Waals surface area contributed by atoms with Crippen molar-refractivity contribution in [1.82, 2.24) is 9.88 Å². The van der Waals surface area contributed by atoms with Crippen LogP contribution >= 0.6 is 0 Å². The van der Waals surface area contributed by atoms with E-state index >= 15 is 0 Å². The molecule has 0 saturated carbocycles. The summed E-state index contributed by atoms with van der Waals surface area (Å²) >= 11 is 0. The molecule has 0 aliphatic rings. The van der Waals surface area contributed by atoms with Crippen molar-refractivity contribution in [3.8, 4) is 0 Å². The number of amides is 1. The van der Waals surface area contributed by atoms with E-state index in [9.17, 15) is 9.59 Å². The number of carboxylic acids is 1. The normalized spacial score (nSPS) is 11.9. The first-order chi connectivity index (χ1) is 10.1. The second-order valence-corrected chi connectivity index (χ2v) is 4.77. The molecule has 1 atom stereocenters. The van der Waals surface area contributed by atoms with Crippen molar-refractivity contribution in [2.24, 2.45) is 0 Å². The van der Waals surface area contributed by atoms with Gasteiger partial charge in [0.2, 0.25) is 5.91 Å². The number of hydrogen-bond acceptors (Lipinski definition) is 2. The molecule has 0 aliphatic heterocycles. The molecule has 110 valence electrons. The number of rotatable bonds is 6. The first kappa shape index (κ1) is 14.8. The minimum Gasteiger partial charge on any atom is -0.477 e. The minimum absolute atomic E-state index is 0.00202. The number of carboxylic acid groups (broad SMARTS) is 1. The van der Waals surface area contributed by atoms with Crippen LogP contribution in [0.1, 0.15) is 35.4 Å². The fourth-order valence-electron chi connectivity index (χ4n) is 2.25. The molecule has 0 fully saturated rings. The molecular formula is C16H18N2O3. The second kappa shape index (κ2) is 6.74. The van der Waals surface area contributed by atoms with Crippen molar-refractivity contribution in [2.75, 3.05) is 0 Å². The number of aromatic carboxylic acids is 1. The SMILES string of the molecule is CCC(NC(=O)Cn1cccc1C(=O)O)c1ccccc1. The van der Waals surface area contributed by atoms with E-state index in [0.29, 0.717) is 0 Å². The van der Waals surface area contributed by atoms with Gasteiger partial charge in [-0.05, 0) is 24.1 Å². The summed E-state index contributed by atoms with van der Waals surface area (Å²) in [5.41, 5.74) is 1.15. The highest BCUT2D eigenvalue weighted by Gasteiger charge is 2.15. The zero-order valence-corrected chi connectivity index (χ0v) is 11.8. The maximum atomic E-state index is 12.1. The molecule has 1 unspecified atom stereocenters. The van der Waals surface area contributed by atoms with Crippen LogP contribution in [-0.4, -0.2) is 21.6 Å². The summed E-state index contributed by atoms with van der Waals surface area (Å²) < 4.78 is 1.43. The first-order valence-corrected chi connectivity index (χ1v) is 6.84. The van der Waals surface area contributed by atoms with Crippen LogP contribution < -0.4 is 5.32 Å². The maximum absolute atomic E-state index is 12.1. The van der Waals surface area contributed by atoms with Crippen LogP contribution in [0.2, 0.25) is 0 Å². The molecule has 1 aromatic heterocycles. The summed E-state index contributed by atoms with van der Waals surface area (Å²) in [5.74, 6) is -1.24. The van der Waals surface area contributed by atoms with Gasteiger partial charge in [-0.25, -0.2) is 4.79 Å².